The maximum Gasteiger partial charge on any atom is 0.282 e. The molecule has 2 aromatic rings. The summed E-state index contributed by atoms with van der Waals surface area (Å²) >= 11 is 0. The van der Waals surface area contributed by atoms with E-state index in [1.165, 1.54) is 0 Å². The normalized spacial score (nSPS) is 21.0. The molecule has 164 valence electrons. The summed E-state index contributed by atoms with van der Waals surface area (Å²) in [5, 5.41) is 12.7. The molecule has 0 amide bonds. The minimum absolute atomic E-state index is 0.213. The van der Waals surface area contributed by atoms with Gasteiger partial charge in [0.1, 0.15) is 18.5 Å². The summed E-state index contributed by atoms with van der Waals surface area (Å²) in [6.07, 6.45) is 2.38. The van der Waals surface area contributed by atoms with Gasteiger partial charge >= 0.3 is 0 Å². The third kappa shape index (κ3) is 5.12. The zero-order chi connectivity index (χ0) is 21.0. The van der Waals surface area contributed by atoms with Crippen molar-refractivity contribution in [1.82, 2.24) is 13.5 Å². The molecule has 0 aliphatic carbocycles. The molecule has 4 rings (SSSR count). The fourth-order valence-electron chi connectivity index (χ4n) is 4.20. The number of piperidine rings is 1. The number of aliphatic hydroxyl groups excluding tert-OH is 1. The van der Waals surface area contributed by atoms with E-state index in [0.717, 1.165) is 35.8 Å². The Labute approximate surface area is 179 Å². The summed E-state index contributed by atoms with van der Waals surface area (Å²) < 4.78 is 34.6. The first-order valence-corrected chi connectivity index (χ1v) is 12.2. The molecule has 0 bridgehead atoms. The van der Waals surface area contributed by atoms with Crippen molar-refractivity contribution in [3.05, 3.63) is 42.5 Å². The van der Waals surface area contributed by atoms with E-state index >= 15 is 0 Å². The molecule has 2 aliphatic heterocycles. The van der Waals surface area contributed by atoms with Gasteiger partial charge < -0.3 is 9.84 Å². The minimum atomic E-state index is -3.35. The fourth-order valence-corrected chi connectivity index (χ4v) is 5.87. The number of piperazine rings is 1. The zero-order valence-corrected chi connectivity index (χ0v) is 18.1. The van der Waals surface area contributed by atoms with Crippen LogP contribution in [-0.2, 0) is 10.2 Å². The van der Waals surface area contributed by atoms with Gasteiger partial charge in [-0.3, -0.25) is 4.90 Å². The second kappa shape index (κ2) is 9.62. The van der Waals surface area contributed by atoms with Crippen molar-refractivity contribution < 1.29 is 18.3 Å². The second-order valence-corrected chi connectivity index (χ2v) is 10.1. The minimum Gasteiger partial charge on any atom is -0.491 e. The van der Waals surface area contributed by atoms with Gasteiger partial charge in [-0.1, -0.05) is 36.8 Å². The van der Waals surface area contributed by atoms with Crippen LogP contribution in [0.5, 0.6) is 5.75 Å². The van der Waals surface area contributed by atoms with Crippen LogP contribution in [0.3, 0.4) is 0 Å². The number of aliphatic hydroxyl groups is 1. The van der Waals surface area contributed by atoms with Crippen molar-refractivity contribution in [3.8, 4) is 5.75 Å². The predicted molar refractivity (Wildman–Crippen MR) is 118 cm³/mol. The topological polar surface area (TPSA) is 73.3 Å². The predicted octanol–water partition coefficient (Wildman–Crippen LogP) is 1.93. The molecule has 1 unspecified atom stereocenters. The summed E-state index contributed by atoms with van der Waals surface area (Å²) in [7, 11) is -3.35. The van der Waals surface area contributed by atoms with E-state index in [1.54, 1.807) is 8.61 Å². The van der Waals surface area contributed by atoms with Crippen molar-refractivity contribution in [3.63, 3.8) is 0 Å². The second-order valence-electron chi connectivity index (χ2n) is 8.14. The molecule has 1 atom stereocenters. The van der Waals surface area contributed by atoms with Crippen LogP contribution in [0.1, 0.15) is 19.3 Å². The van der Waals surface area contributed by atoms with Gasteiger partial charge in [-0.05, 0) is 35.7 Å². The molecule has 0 saturated carbocycles. The Morgan fingerprint density at radius 3 is 2.27 bits per heavy atom. The summed E-state index contributed by atoms with van der Waals surface area (Å²) in [6, 6.07) is 14.0. The van der Waals surface area contributed by atoms with E-state index in [9.17, 15) is 13.5 Å². The van der Waals surface area contributed by atoms with Gasteiger partial charge in [-0.15, -0.1) is 0 Å². The quantitative estimate of drug-likeness (QED) is 0.722. The number of ether oxygens (including phenoxy) is 1. The molecule has 30 heavy (non-hydrogen) atoms. The van der Waals surface area contributed by atoms with Gasteiger partial charge in [0.05, 0.1) is 0 Å². The first kappa shape index (κ1) is 21.5. The van der Waals surface area contributed by atoms with Crippen LogP contribution in [0.15, 0.2) is 42.5 Å². The third-order valence-corrected chi connectivity index (χ3v) is 7.97. The number of nitrogens with zero attached hydrogens (tertiary/aromatic N) is 3. The highest BCUT2D eigenvalue weighted by molar-refractivity contribution is 7.86. The summed E-state index contributed by atoms with van der Waals surface area (Å²) in [6.45, 7) is 4.14. The molecule has 2 heterocycles. The number of β-amino-alcohol motifs (C(OH)–C–C–N with tert-alkyl or cyclic N) is 1. The summed E-state index contributed by atoms with van der Waals surface area (Å²) in [5.74, 6) is 0.741. The van der Waals surface area contributed by atoms with Crippen molar-refractivity contribution in [2.75, 3.05) is 52.4 Å². The zero-order valence-electron chi connectivity index (χ0n) is 17.3. The average Bonchev–Trinajstić information content (AvgIpc) is 2.78. The maximum atomic E-state index is 12.8. The van der Waals surface area contributed by atoms with Crippen LogP contribution in [0.4, 0.5) is 0 Å². The van der Waals surface area contributed by atoms with Crippen molar-refractivity contribution >= 4 is 21.0 Å². The van der Waals surface area contributed by atoms with Crippen LogP contribution in [-0.4, -0.2) is 85.6 Å². The van der Waals surface area contributed by atoms with Crippen LogP contribution in [0, 0.1) is 0 Å². The monoisotopic (exact) mass is 433 g/mol. The number of benzene rings is 2. The smallest absolute Gasteiger partial charge is 0.282 e. The first-order chi connectivity index (χ1) is 14.5. The molecule has 0 radical (unpaired) electrons. The van der Waals surface area contributed by atoms with Gasteiger partial charge in [0.15, 0.2) is 0 Å². The van der Waals surface area contributed by atoms with Gasteiger partial charge in [-0.2, -0.15) is 17.0 Å². The van der Waals surface area contributed by atoms with Crippen molar-refractivity contribution in [2.45, 2.75) is 25.4 Å². The first-order valence-electron chi connectivity index (χ1n) is 10.8. The van der Waals surface area contributed by atoms with Crippen LogP contribution in [0.25, 0.3) is 10.8 Å². The molecule has 2 saturated heterocycles. The van der Waals surface area contributed by atoms with E-state index < -0.39 is 16.3 Å². The summed E-state index contributed by atoms with van der Waals surface area (Å²) in [4.78, 5) is 2.11. The van der Waals surface area contributed by atoms with E-state index in [0.29, 0.717) is 45.8 Å². The lowest BCUT2D eigenvalue weighted by Crippen LogP contribution is -2.54. The van der Waals surface area contributed by atoms with Crippen LogP contribution < -0.4 is 4.74 Å². The third-order valence-electron chi connectivity index (χ3n) is 5.93. The molecule has 2 fully saturated rings. The average molecular weight is 434 g/mol. The Morgan fingerprint density at radius 2 is 1.53 bits per heavy atom. The maximum absolute atomic E-state index is 12.8. The highest BCUT2D eigenvalue weighted by Gasteiger charge is 2.33. The Morgan fingerprint density at radius 1 is 0.867 bits per heavy atom. The van der Waals surface area contributed by atoms with Gasteiger partial charge in [0.25, 0.3) is 10.2 Å². The fraction of sp³-hybridized carbons (Fsp3) is 0.545. The van der Waals surface area contributed by atoms with E-state index in [2.05, 4.69) is 11.0 Å². The Kier molecular flexibility index (Phi) is 6.90. The standard InChI is InChI=1S/C22H31N3O4S/c26-21(18-29-22-9-8-19-6-2-3-7-20(19)16-22)17-23-12-14-25(15-13-23)30(27,28)24-10-4-1-5-11-24/h2-3,6-9,16,21,26H,1,4-5,10-15,17-18H2. The number of hydrogen-bond acceptors (Lipinski definition) is 5. The lowest BCUT2D eigenvalue weighted by molar-refractivity contribution is 0.0562. The highest BCUT2D eigenvalue weighted by Crippen LogP contribution is 2.21. The van der Waals surface area contributed by atoms with Crippen molar-refractivity contribution in [1.29, 1.82) is 0 Å². The molecule has 7 nitrogen and oxygen atoms in total. The van der Waals surface area contributed by atoms with E-state index in [1.807, 2.05) is 36.4 Å². The molecule has 1 N–H and O–H groups in total. The molecular formula is C22H31N3O4S. The van der Waals surface area contributed by atoms with Crippen molar-refractivity contribution in [2.24, 2.45) is 0 Å². The Hall–Kier alpha value is -1.71. The highest BCUT2D eigenvalue weighted by atomic mass is 32.2. The Bertz CT molecular complexity index is 938. The molecule has 8 heteroatoms. The molecule has 2 aliphatic rings. The molecule has 0 aromatic heterocycles. The van der Waals surface area contributed by atoms with Gasteiger partial charge in [-0.25, -0.2) is 0 Å². The SMILES string of the molecule is O=S(=O)(N1CCCCC1)N1CCN(CC(O)COc2ccc3ccccc3c2)CC1. The van der Waals surface area contributed by atoms with E-state index in [4.69, 9.17) is 4.74 Å². The van der Waals surface area contributed by atoms with Crippen LogP contribution in [0.2, 0.25) is 0 Å². The molecule has 2 aromatic carbocycles. The van der Waals surface area contributed by atoms with E-state index in [-0.39, 0.29) is 6.61 Å². The largest absolute Gasteiger partial charge is 0.491 e. The van der Waals surface area contributed by atoms with Gasteiger partial charge in [0.2, 0.25) is 0 Å². The van der Waals surface area contributed by atoms with Crippen LogP contribution >= 0.6 is 0 Å². The lowest BCUT2D eigenvalue weighted by atomic mass is 10.1. The van der Waals surface area contributed by atoms with Gasteiger partial charge in [0, 0.05) is 45.8 Å². The summed E-state index contributed by atoms with van der Waals surface area (Å²) in [5.41, 5.74) is 0. The molecule has 0 spiro atoms. The Balaban J connectivity index is 1.23. The number of hydrogen-bond donors (Lipinski definition) is 1. The lowest BCUT2D eigenvalue weighted by Gasteiger charge is -2.38. The number of fused-ring (bicyclic) bond motifs is 1. The number of rotatable bonds is 7. The molecular weight excluding hydrogens is 402 g/mol.